The van der Waals surface area contributed by atoms with E-state index in [1.807, 2.05) is 0 Å². The van der Waals surface area contributed by atoms with Crippen LogP contribution in [0, 0.1) is 5.92 Å². The van der Waals surface area contributed by atoms with Gasteiger partial charge in [-0.1, -0.05) is 18.0 Å². The number of rotatable bonds is 4. The first-order valence-electron chi connectivity index (χ1n) is 6.28. The number of hydrogen-bond acceptors (Lipinski definition) is 3. The first-order chi connectivity index (χ1) is 9.27. The third-order valence-electron chi connectivity index (χ3n) is 3.50. The predicted molar refractivity (Wildman–Crippen MR) is 78.8 cm³/mol. The van der Waals surface area contributed by atoms with E-state index in [4.69, 9.17) is 22.3 Å². The van der Waals surface area contributed by atoms with Crippen LogP contribution in [0.5, 0.6) is 0 Å². The summed E-state index contributed by atoms with van der Waals surface area (Å²) in [5, 5.41) is 0.173. The summed E-state index contributed by atoms with van der Waals surface area (Å²) in [6.07, 6.45) is 3.47. The van der Waals surface area contributed by atoms with Crippen molar-refractivity contribution in [3.05, 3.63) is 28.8 Å². The number of hydrogen-bond donors (Lipinski definition) is 0. The topological polar surface area (TPSA) is 54.5 Å². The van der Waals surface area contributed by atoms with Crippen molar-refractivity contribution in [1.82, 2.24) is 4.90 Å². The molecule has 0 aromatic heterocycles. The van der Waals surface area contributed by atoms with Crippen molar-refractivity contribution in [2.75, 3.05) is 13.6 Å². The van der Waals surface area contributed by atoms with Gasteiger partial charge < -0.3 is 4.90 Å². The lowest BCUT2D eigenvalue weighted by molar-refractivity contribution is 0.0745. The Kier molecular flexibility index (Phi) is 4.62. The average Bonchev–Trinajstić information content (AvgIpc) is 2.30. The Morgan fingerprint density at radius 1 is 1.35 bits per heavy atom. The van der Waals surface area contributed by atoms with Crippen LogP contribution in [0.25, 0.3) is 0 Å². The summed E-state index contributed by atoms with van der Waals surface area (Å²) in [5.41, 5.74) is 0.235. The predicted octanol–water partition coefficient (Wildman–Crippen LogP) is 3.14. The van der Waals surface area contributed by atoms with E-state index in [1.54, 1.807) is 11.9 Å². The summed E-state index contributed by atoms with van der Waals surface area (Å²) >= 11 is 5.86. The fraction of sp³-hybridized carbons (Fsp3) is 0.462. The molecule has 2 rings (SSSR count). The van der Waals surface area contributed by atoms with Gasteiger partial charge in [0.15, 0.2) is 0 Å². The molecule has 1 aliphatic carbocycles. The Hall–Kier alpha value is -0.780. The molecule has 1 saturated carbocycles. The lowest BCUT2D eigenvalue weighted by Gasteiger charge is -2.30. The van der Waals surface area contributed by atoms with Crippen LogP contribution in [-0.4, -0.2) is 32.8 Å². The molecule has 0 N–H and O–H groups in total. The fourth-order valence-corrected chi connectivity index (χ4v) is 3.30. The number of halogens is 2. The minimum atomic E-state index is -3.91. The van der Waals surface area contributed by atoms with Crippen LogP contribution in [0.15, 0.2) is 23.1 Å². The lowest BCUT2D eigenvalue weighted by Crippen LogP contribution is -2.34. The van der Waals surface area contributed by atoms with Crippen LogP contribution >= 0.6 is 22.3 Å². The minimum absolute atomic E-state index is 0.160. The van der Waals surface area contributed by atoms with Gasteiger partial charge in [-0.15, -0.1) is 0 Å². The van der Waals surface area contributed by atoms with Crippen LogP contribution in [-0.2, 0) is 9.05 Å². The zero-order valence-electron chi connectivity index (χ0n) is 11.0. The highest BCUT2D eigenvalue weighted by atomic mass is 35.7. The van der Waals surface area contributed by atoms with Gasteiger partial charge >= 0.3 is 0 Å². The van der Waals surface area contributed by atoms with Gasteiger partial charge in [-0.2, -0.15) is 0 Å². The van der Waals surface area contributed by atoms with Crippen LogP contribution in [0.3, 0.4) is 0 Å². The maximum atomic E-state index is 12.3. The number of carbonyl (C=O) groups is 1. The largest absolute Gasteiger partial charge is 0.341 e. The number of benzene rings is 1. The summed E-state index contributed by atoms with van der Waals surface area (Å²) in [7, 11) is 3.09. The molecule has 7 heteroatoms. The van der Waals surface area contributed by atoms with Gasteiger partial charge in [-0.25, -0.2) is 8.42 Å². The van der Waals surface area contributed by atoms with E-state index in [-0.39, 0.29) is 21.4 Å². The van der Waals surface area contributed by atoms with Crippen LogP contribution < -0.4 is 0 Å². The zero-order chi connectivity index (χ0) is 14.9. The van der Waals surface area contributed by atoms with Crippen LogP contribution in [0.2, 0.25) is 5.02 Å². The third-order valence-corrected chi connectivity index (χ3v) is 5.05. The maximum absolute atomic E-state index is 12.3. The van der Waals surface area contributed by atoms with Gasteiger partial charge in [-0.3, -0.25) is 4.79 Å². The van der Waals surface area contributed by atoms with Crippen molar-refractivity contribution in [3.8, 4) is 0 Å². The second kappa shape index (κ2) is 5.92. The van der Waals surface area contributed by atoms with E-state index in [1.165, 1.54) is 24.6 Å². The minimum Gasteiger partial charge on any atom is -0.341 e. The molecule has 0 radical (unpaired) electrons. The number of amides is 1. The van der Waals surface area contributed by atoms with Gasteiger partial charge in [0.2, 0.25) is 0 Å². The fourth-order valence-electron chi connectivity index (χ4n) is 2.19. The number of nitrogens with zero attached hydrogens (tertiary/aromatic N) is 1. The molecular weight excluding hydrogens is 321 g/mol. The summed E-state index contributed by atoms with van der Waals surface area (Å²) in [6.45, 7) is 0.675. The molecule has 0 aliphatic heterocycles. The van der Waals surface area contributed by atoms with Gasteiger partial charge in [0.05, 0.1) is 4.90 Å². The van der Waals surface area contributed by atoms with E-state index in [0.29, 0.717) is 12.5 Å². The standard InChI is InChI=1S/C13H15Cl2NO3S/c1-16(8-9-3-2-4-9)13(17)10-5-11(14)7-12(6-10)20(15,18)19/h5-7,9H,2-4,8H2,1H3. The van der Waals surface area contributed by atoms with Crippen molar-refractivity contribution < 1.29 is 13.2 Å². The maximum Gasteiger partial charge on any atom is 0.261 e. The molecule has 4 nitrogen and oxygen atoms in total. The second-order valence-electron chi connectivity index (χ2n) is 5.10. The molecule has 0 bridgehead atoms. The molecule has 1 fully saturated rings. The van der Waals surface area contributed by atoms with Crippen LogP contribution in [0.4, 0.5) is 0 Å². The Bertz CT molecular complexity index is 627. The van der Waals surface area contributed by atoms with Crippen molar-refractivity contribution >= 4 is 37.2 Å². The normalized spacial score (nSPS) is 15.8. The molecule has 1 aromatic carbocycles. The van der Waals surface area contributed by atoms with Crippen molar-refractivity contribution in [3.63, 3.8) is 0 Å². The monoisotopic (exact) mass is 335 g/mol. The Balaban J connectivity index is 2.22. The summed E-state index contributed by atoms with van der Waals surface area (Å²) in [6, 6.07) is 3.94. The summed E-state index contributed by atoms with van der Waals surface area (Å²) in [4.78, 5) is 13.7. The molecule has 0 heterocycles. The second-order valence-corrected chi connectivity index (χ2v) is 8.10. The Morgan fingerprint density at radius 3 is 2.50 bits per heavy atom. The molecular formula is C13H15Cl2NO3S. The quantitative estimate of drug-likeness (QED) is 0.794. The third kappa shape index (κ3) is 3.65. The van der Waals surface area contributed by atoms with Crippen LogP contribution in [0.1, 0.15) is 29.6 Å². The Labute approximate surface area is 128 Å². The number of carbonyl (C=O) groups excluding carboxylic acids is 1. The lowest BCUT2D eigenvalue weighted by atomic mass is 9.85. The smallest absolute Gasteiger partial charge is 0.261 e. The molecule has 1 amide bonds. The molecule has 0 saturated heterocycles. The van der Waals surface area contributed by atoms with E-state index in [9.17, 15) is 13.2 Å². The van der Waals surface area contributed by atoms with Crippen molar-refractivity contribution in [2.45, 2.75) is 24.2 Å². The van der Waals surface area contributed by atoms with Crippen molar-refractivity contribution in [1.29, 1.82) is 0 Å². The van der Waals surface area contributed by atoms with Gasteiger partial charge in [0.1, 0.15) is 0 Å². The zero-order valence-corrected chi connectivity index (χ0v) is 13.3. The first-order valence-corrected chi connectivity index (χ1v) is 8.97. The molecule has 1 aromatic rings. The van der Waals surface area contributed by atoms with Crippen molar-refractivity contribution in [2.24, 2.45) is 5.92 Å². The van der Waals surface area contributed by atoms with Gasteiger partial charge in [-0.05, 0) is 37.0 Å². The molecule has 20 heavy (non-hydrogen) atoms. The molecule has 0 unspecified atom stereocenters. The SMILES string of the molecule is CN(CC1CCC1)C(=O)c1cc(Cl)cc(S(=O)(=O)Cl)c1. The highest BCUT2D eigenvalue weighted by Crippen LogP contribution is 2.28. The van der Waals surface area contributed by atoms with E-state index < -0.39 is 9.05 Å². The molecule has 1 aliphatic rings. The summed E-state index contributed by atoms with van der Waals surface area (Å²) in [5.74, 6) is 0.292. The molecule has 0 spiro atoms. The Morgan fingerprint density at radius 2 is 2.00 bits per heavy atom. The highest BCUT2D eigenvalue weighted by Gasteiger charge is 2.23. The van der Waals surface area contributed by atoms with Gasteiger partial charge in [0, 0.05) is 34.9 Å². The van der Waals surface area contributed by atoms with Gasteiger partial charge in [0.25, 0.3) is 15.0 Å². The molecule has 110 valence electrons. The van der Waals surface area contributed by atoms with E-state index in [0.717, 1.165) is 12.8 Å². The van der Waals surface area contributed by atoms with E-state index in [2.05, 4.69) is 0 Å². The summed E-state index contributed by atoms with van der Waals surface area (Å²) < 4.78 is 22.7. The highest BCUT2D eigenvalue weighted by molar-refractivity contribution is 8.13. The first kappa shape index (κ1) is 15.6. The van der Waals surface area contributed by atoms with E-state index >= 15 is 0 Å². The average molecular weight is 336 g/mol. The molecule has 0 atom stereocenters.